The Bertz CT molecular complexity index is 705. The number of Topliss-reactive ketones (excluding diaryl/α,β-unsaturated/α-hetero) is 1. The normalized spacial score (nSPS) is 12.0. The first-order valence-electron chi connectivity index (χ1n) is 7.64. The van der Waals surface area contributed by atoms with Crippen molar-refractivity contribution < 1.29 is 19.6 Å². The number of nitrogens with one attached hydrogen (secondary N) is 1. The second-order valence-electron chi connectivity index (χ2n) is 5.68. The van der Waals surface area contributed by atoms with Gasteiger partial charge in [-0.1, -0.05) is 30.3 Å². The monoisotopic (exact) mass is 315 g/mol. The van der Waals surface area contributed by atoms with Gasteiger partial charge >= 0.3 is 5.97 Å². The van der Waals surface area contributed by atoms with Crippen molar-refractivity contribution in [3.8, 4) is 0 Å². The second-order valence-corrected chi connectivity index (χ2v) is 5.68. The maximum absolute atomic E-state index is 12.5. The molecule has 0 aliphatic rings. The van der Waals surface area contributed by atoms with E-state index in [0.29, 0.717) is 29.1 Å². The van der Waals surface area contributed by atoms with Crippen molar-refractivity contribution in [1.82, 2.24) is 4.98 Å². The maximum atomic E-state index is 12.5. The number of nitrogens with two attached hydrogens (primary N) is 1. The number of methoxy groups -OCH3 is 1. The van der Waals surface area contributed by atoms with E-state index in [1.807, 2.05) is 35.6 Å². The molecule has 5 nitrogen and oxygen atoms in total. The average Bonchev–Trinajstić information content (AvgIpc) is 2.87. The second kappa shape index (κ2) is 7.24. The van der Waals surface area contributed by atoms with Crippen molar-refractivity contribution in [1.29, 1.82) is 0 Å². The van der Waals surface area contributed by atoms with Gasteiger partial charge in [0.05, 0.1) is 18.4 Å². The van der Waals surface area contributed by atoms with Crippen LogP contribution in [0.3, 0.4) is 0 Å². The molecule has 122 valence electrons. The number of ketones is 1. The van der Waals surface area contributed by atoms with Crippen LogP contribution < -0.4 is 5.32 Å². The first-order valence-corrected chi connectivity index (χ1v) is 7.64. The number of carbonyl (C=O) groups excluding carboxylic acids is 2. The molecule has 3 N–H and O–H groups in total. The number of quaternary nitrogens is 1. The molecule has 23 heavy (non-hydrogen) atoms. The van der Waals surface area contributed by atoms with Crippen LogP contribution in [0.5, 0.6) is 0 Å². The highest BCUT2D eigenvalue weighted by atomic mass is 16.5. The van der Waals surface area contributed by atoms with Gasteiger partial charge in [-0.2, -0.15) is 0 Å². The highest BCUT2D eigenvalue weighted by Gasteiger charge is 2.23. The predicted octanol–water partition coefficient (Wildman–Crippen LogP) is 1.93. The van der Waals surface area contributed by atoms with Gasteiger partial charge in [0.25, 0.3) is 0 Å². The summed E-state index contributed by atoms with van der Waals surface area (Å²) in [7, 11) is 1.34. The summed E-state index contributed by atoms with van der Waals surface area (Å²) in [4.78, 5) is 27.3. The number of benzene rings is 1. The van der Waals surface area contributed by atoms with E-state index < -0.39 is 5.97 Å². The minimum Gasteiger partial charge on any atom is -0.465 e. The molecule has 0 spiro atoms. The summed E-state index contributed by atoms with van der Waals surface area (Å²) in [5.41, 5.74) is 3.43. The number of aromatic nitrogens is 1. The van der Waals surface area contributed by atoms with Crippen molar-refractivity contribution in [2.75, 3.05) is 13.7 Å². The molecule has 2 rings (SSSR count). The van der Waals surface area contributed by atoms with E-state index in [9.17, 15) is 9.59 Å². The number of ether oxygens (including phenoxy) is 1. The molecule has 1 atom stereocenters. The van der Waals surface area contributed by atoms with Gasteiger partial charge in [-0.3, -0.25) is 4.79 Å². The van der Waals surface area contributed by atoms with E-state index in [2.05, 4.69) is 11.9 Å². The molecule has 0 unspecified atom stereocenters. The fraction of sp³-hybridized carbons (Fsp3) is 0.333. The first kappa shape index (κ1) is 17.0. The zero-order chi connectivity index (χ0) is 17.0. The number of esters is 1. The van der Waals surface area contributed by atoms with Crippen molar-refractivity contribution in [3.63, 3.8) is 0 Å². The smallest absolute Gasteiger partial charge is 0.339 e. The topological polar surface area (TPSA) is 75.8 Å². The lowest BCUT2D eigenvalue weighted by Gasteiger charge is -2.10. The minimum absolute atomic E-state index is 0.0245. The molecule has 0 saturated heterocycles. The molecule has 0 radical (unpaired) electrons. The molecule has 1 heterocycles. The molecular formula is C18H23N2O3+. The number of aryl methyl sites for hydroxylation is 1. The fourth-order valence-corrected chi connectivity index (χ4v) is 2.72. The SMILES string of the molecule is COC(=O)c1c(C)[nH]c(C(=O)C[NH2+][C@H](C)c2ccccc2)c1C. The lowest BCUT2D eigenvalue weighted by atomic mass is 10.1. The summed E-state index contributed by atoms with van der Waals surface area (Å²) in [6.45, 7) is 5.92. The number of rotatable bonds is 6. The summed E-state index contributed by atoms with van der Waals surface area (Å²) in [6.07, 6.45) is 0. The van der Waals surface area contributed by atoms with Crippen LogP contribution >= 0.6 is 0 Å². The maximum Gasteiger partial charge on any atom is 0.339 e. The Morgan fingerprint density at radius 2 is 1.87 bits per heavy atom. The van der Waals surface area contributed by atoms with E-state index >= 15 is 0 Å². The van der Waals surface area contributed by atoms with E-state index in [-0.39, 0.29) is 11.8 Å². The van der Waals surface area contributed by atoms with E-state index in [1.165, 1.54) is 12.7 Å². The lowest BCUT2D eigenvalue weighted by molar-refractivity contribution is -0.681. The van der Waals surface area contributed by atoms with Crippen molar-refractivity contribution in [2.45, 2.75) is 26.8 Å². The van der Waals surface area contributed by atoms with Crippen LogP contribution in [0.1, 0.15) is 50.6 Å². The Morgan fingerprint density at radius 1 is 1.22 bits per heavy atom. The van der Waals surface area contributed by atoms with Gasteiger partial charge in [0.2, 0.25) is 5.78 Å². The minimum atomic E-state index is -0.420. The number of H-pyrrole nitrogens is 1. The molecule has 0 amide bonds. The molecule has 0 saturated carbocycles. The fourth-order valence-electron chi connectivity index (χ4n) is 2.72. The van der Waals surface area contributed by atoms with Gasteiger partial charge in [0, 0.05) is 11.3 Å². The number of hydrogen-bond donors (Lipinski definition) is 2. The third-order valence-corrected chi connectivity index (χ3v) is 4.09. The molecule has 0 aliphatic heterocycles. The highest BCUT2D eigenvalue weighted by Crippen LogP contribution is 2.19. The molecule has 0 aliphatic carbocycles. The zero-order valence-corrected chi connectivity index (χ0v) is 14.0. The van der Waals surface area contributed by atoms with Gasteiger partial charge in [-0.15, -0.1) is 0 Å². The van der Waals surface area contributed by atoms with Crippen LogP contribution in [0.25, 0.3) is 0 Å². The number of aromatic amines is 1. The lowest BCUT2D eigenvalue weighted by Crippen LogP contribution is -2.86. The summed E-state index contributed by atoms with van der Waals surface area (Å²) in [5.74, 6) is -0.444. The van der Waals surface area contributed by atoms with Gasteiger partial charge in [0.1, 0.15) is 12.6 Å². The molecule has 2 aromatic rings. The van der Waals surface area contributed by atoms with Crippen LogP contribution in [0.15, 0.2) is 30.3 Å². The van der Waals surface area contributed by atoms with Crippen molar-refractivity contribution in [2.24, 2.45) is 0 Å². The van der Waals surface area contributed by atoms with Gasteiger partial charge in [0.15, 0.2) is 0 Å². The third kappa shape index (κ3) is 3.68. The highest BCUT2D eigenvalue weighted by molar-refractivity contribution is 6.01. The van der Waals surface area contributed by atoms with Gasteiger partial charge in [-0.25, -0.2) is 4.79 Å². The molecular weight excluding hydrogens is 292 g/mol. The van der Waals surface area contributed by atoms with Crippen LogP contribution in [0.2, 0.25) is 0 Å². The van der Waals surface area contributed by atoms with Gasteiger partial charge in [-0.05, 0) is 26.3 Å². The summed E-state index contributed by atoms with van der Waals surface area (Å²) in [5, 5.41) is 1.99. The van der Waals surface area contributed by atoms with Crippen LogP contribution in [-0.4, -0.2) is 30.4 Å². The standard InChI is InChI=1S/C18H22N2O3/c1-11-16(18(22)23-4)13(3)20-17(11)15(21)10-19-12(2)14-8-6-5-7-9-14/h5-9,12,19-20H,10H2,1-4H3/p+1/t12-/m1/s1. The summed E-state index contributed by atoms with van der Waals surface area (Å²) in [6, 6.07) is 10.2. The van der Waals surface area contributed by atoms with E-state index in [1.54, 1.807) is 13.8 Å². The van der Waals surface area contributed by atoms with Crippen LogP contribution in [0, 0.1) is 13.8 Å². The largest absolute Gasteiger partial charge is 0.465 e. The Kier molecular flexibility index (Phi) is 5.34. The molecule has 1 aromatic carbocycles. The number of carbonyl (C=O) groups is 2. The molecule has 1 aromatic heterocycles. The van der Waals surface area contributed by atoms with Crippen LogP contribution in [-0.2, 0) is 4.74 Å². The Morgan fingerprint density at radius 3 is 2.48 bits per heavy atom. The Hall–Kier alpha value is -2.40. The van der Waals surface area contributed by atoms with Crippen molar-refractivity contribution in [3.05, 3.63) is 58.4 Å². The Labute approximate surface area is 136 Å². The average molecular weight is 315 g/mol. The third-order valence-electron chi connectivity index (χ3n) is 4.09. The zero-order valence-electron chi connectivity index (χ0n) is 14.0. The molecule has 0 fully saturated rings. The summed E-state index contributed by atoms with van der Waals surface area (Å²) >= 11 is 0. The number of hydrogen-bond acceptors (Lipinski definition) is 3. The molecule has 5 heteroatoms. The summed E-state index contributed by atoms with van der Waals surface area (Å²) < 4.78 is 4.77. The first-order chi connectivity index (χ1) is 11.0. The van der Waals surface area contributed by atoms with Gasteiger partial charge < -0.3 is 15.0 Å². The van der Waals surface area contributed by atoms with E-state index in [0.717, 1.165) is 0 Å². The molecule has 0 bridgehead atoms. The van der Waals surface area contributed by atoms with Crippen molar-refractivity contribution >= 4 is 11.8 Å². The van der Waals surface area contributed by atoms with Crippen LogP contribution in [0.4, 0.5) is 0 Å². The van der Waals surface area contributed by atoms with E-state index in [4.69, 9.17) is 4.74 Å². The predicted molar refractivity (Wildman–Crippen MR) is 87.6 cm³/mol. The Balaban J connectivity index is 2.08. The quantitative estimate of drug-likeness (QED) is 0.632.